The lowest BCUT2D eigenvalue weighted by atomic mass is 9.95. The molecular weight excluding hydrogens is 382 g/mol. The van der Waals surface area contributed by atoms with Crippen LogP contribution in [0.2, 0.25) is 0 Å². The van der Waals surface area contributed by atoms with Crippen LogP contribution in [0, 0.1) is 0 Å². The lowest BCUT2D eigenvalue weighted by Gasteiger charge is -2.13. The number of pyridine rings is 1. The Morgan fingerprint density at radius 2 is 1.96 bits per heavy atom. The summed E-state index contributed by atoms with van der Waals surface area (Å²) in [7, 11) is 0. The van der Waals surface area contributed by atoms with Crippen molar-refractivity contribution >= 4 is 39.4 Å². The van der Waals surface area contributed by atoms with Crippen LogP contribution in [-0.2, 0) is 6.54 Å². The topological polar surface area (TPSA) is 51.3 Å². The standard InChI is InChI=1S/C23H19N3S2/c24-7-9-27-23-18(5-3-8-26-23)16-10-17-13-25-14-20(17)19(11-16)22-12-15-4-1-2-6-21(15)28-22/h1-6,8,10-13H,7,9,14,24H2. The fourth-order valence-corrected chi connectivity index (χ4v) is 5.49. The van der Waals surface area contributed by atoms with E-state index in [1.54, 1.807) is 11.8 Å². The minimum atomic E-state index is 0.643. The van der Waals surface area contributed by atoms with Crippen LogP contribution in [0.5, 0.6) is 0 Å². The molecule has 5 rings (SSSR count). The smallest absolute Gasteiger partial charge is 0.104 e. The van der Waals surface area contributed by atoms with E-state index < -0.39 is 0 Å². The van der Waals surface area contributed by atoms with Crippen LogP contribution in [0.15, 0.2) is 70.8 Å². The predicted molar refractivity (Wildman–Crippen MR) is 122 cm³/mol. The van der Waals surface area contributed by atoms with Gasteiger partial charge in [-0.2, -0.15) is 0 Å². The molecule has 4 aromatic rings. The van der Waals surface area contributed by atoms with Crippen molar-refractivity contribution in [3.05, 3.63) is 71.9 Å². The van der Waals surface area contributed by atoms with Gasteiger partial charge in [-0.05, 0) is 58.0 Å². The van der Waals surface area contributed by atoms with Gasteiger partial charge in [0.25, 0.3) is 0 Å². The second-order valence-electron chi connectivity index (χ2n) is 6.70. The molecule has 1 aliphatic rings. The third kappa shape index (κ3) is 3.15. The molecule has 138 valence electrons. The average Bonchev–Trinajstić information content (AvgIpc) is 3.38. The summed E-state index contributed by atoms with van der Waals surface area (Å²) in [5, 5.41) is 2.33. The number of hydrogen-bond acceptors (Lipinski definition) is 5. The van der Waals surface area contributed by atoms with Gasteiger partial charge in [-0.25, -0.2) is 4.98 Å². The zero-order valence-corrected chi connectivity index (χ0v) is 16.9. The Morgan fingerprint density at radius 3 is 2.86 bits per heavy atom. The van der Waals surface area contributed by atoms with Crippen molar-refractivity contribution in [3.8, 4) is 21.6 Å². The molecule has 2 aromatic carbocycles. The van der Waals surface area contributed by atoms with Gasteiger partial charge in [-0.3, -0.25) is 4.99 Å². The van der Waals surface area contributed by atoms with E-state index in [-0.39, 0.29) is 0 Å². The zero-order chi connectivity index (χ0) is 18.9. The first-order chi connectivity index (χ1) is 13.8. The second kappa shape index (κ2) is 7.51. The molecule has 0 aliphatic carbocycles. The number of rotatable bonds is 5. The van der Waals surface area contributed by atoms with Gasteiger partial charge < -0.3 is 5.73 Å². The summed E-state index contributed by atoms with van der Waals surface area (Å²) in [6.07, 6.45) is 3.85. The van der Waals surface area contributed by atoms with Crippen molar-refractivity contribution in [2.75, 3.05) is 12.3 Å². The maximum Gasteiger partial charge on any atom is 0.104 e. The molecule has 0 radical (unpaired) electrons. The van der Waals surface area contributed by atoms with E-state index in [9.17, 15) is 0 Å². The van der Waals surface area contributed by atoms with E-state index in [1.165, 1.54) is 37.2 Å². The van der Waals surface area contributed by atoms with E-state index in [0.29, 0.717) is 6.54 Å². The molecule has 3 heterocycles. The van der Waals surface area contributed by atoms with E-state index >= 15 is 0 Å². The zero-order valence-electron chi connectivity index (χ0n) is 15.3. The maximum absolute atomic E-state index is 5.71. The van der Waals surface area contributed by atoms with Gasteiger partial charge >= 0.3 is 0 Å². The number of aromatic nitrogens is 1. The lowest BCUT2D eigenvalue weighted by molar-refractivity contribution is 1.11. The molecule has 2 N–H and O–H groups in total. The minimum absolute atomic E-state index is 0.643. The highest BCUT2D eigenvalue weighted by atomic mass is 32.2. The van der Waals surface area contributed by atoms with Gasteiger partial charge in [0.2, 0.25) is 0 Å². The molecule has 0 bridgehead atoms. The highest BCUT2D eigenvalue weighted by Gasteiger charge is 2.18. The molecule has 3 nitrogen and oxygen atoms in total. The molecule has 0 spiro atoms. The number of aliphatic imine (C=N–C) groups is 1. The van der Waals surface area contributed by atoms with Crippen LogP contribution in [0.25, 0.3) is 31.7 Å². The fourth-order valence-electron chi connectivity index (χ4n) is 3.59. The molecule has 5 heteroatoms. The Balaban J connectivity index is 1.67. The Hall–Kier alpha value is -2.47. The van der Waals surface area contributed by atoms with Crippen LogP contribution >= 0.6 is 23.1 Å². The van der Waals surface area contributed by atoms with Gasteiger partial charge in [-0.15, -0.1) is 23.1 Å². The number of hydrogen-bond donors (Lipinski definition) is 1. The fraction of sp³-hybridized carbons (Fsp3) is 0.130. The Morgan fingerprint density at radius 1 is 1.04 bits per heavy atom. The monoisotopic (exact) mass is 401 g/mol. The SMILES string of the molecule is NCCSc1ncccc1-c1cc2c(c(-c3cc4ccccc4s3)c1)CN=C2. The lowest BCUT2D eigenvalue weighted by Crippen LogP contribution is -2.02. The highest BCUT2D eigenvalue weighted by molar-refractivity contribution is 7.99. The average molecular weight is 402 g/mol. The first kappa shape index (κ1) is 17.6. The third-order valence-corrected chi connectivity index (χ3v) is 7.08. The number of thiophene rings is 1. The highest BCUT2D eigenvalue weighted by Crippen LogP contribution is 2.41. The number of fused-ring (bicyclic) bond motifs is 2. The Labute approximate surface area is 172 Å². The summed E-state index contributed by atoms with van der Waals surface area (Å²) in [5.74, 6) is 0.861. The third-order valence-electron chi connectivity index (χ3n) is 4.89. The van der Waals surface area contributed by atoms with Crippen molar-refractivity contribution in [2.45, 2.75) is 11.6 Å². The predicted octanol–water partition coefficient (Wildman–Crippen LogP) is 5.61. The second-order valence-corrected chi connectivity index (χ2v) is 8.87. The molecule has 0 fully saturated rings. The van der Waals surface area contributed by atoms with Crippen molar-refractivity contribution in [1.29, 1.82) is 0 Å². The Kier molecular flexibility index (Phi) is 4.72. The largest absolute Gasteiger partial charge is 0.330 e. The molecule has 0 atom stereocenters. The Bertz CT molecular complexity index is 1160. The van der Waals surface area contributed by atoms with E-state index in [2.05, 4.69) is 58.5 Å². The molecular formula is C23H19N3S2. The van der Waals surface area contributed by atoms with Crippen LogP contribution in [0.4, 0.5) is 0 Å². The molecule has 0 saturated carbocycles. The van der Waals surface area contributed by atoms with Crippen molar-refractivity contribution in [2.24, 2.45) is 10.7 Å². The quantitative estimate of drug-likeness (QED) is 0.442. The first-order valence-corrected chi connectivity index (χ1v) is 11.1. The van der Waals surface area contributed by atoms with E-state index in [1.807, 2.05) is 29.8 Å². The van der Waals surface area contributed by atoms with Gasteiger partial charge in [0.1, 0.15) is 5.03 Å². The first-order valence-electron chi connectivity index (χ1n) is 9.27. The number of benzene rings is 2. The number of thioether (sulfide) groups is 1. The molecule has 28 heavy (non-hydrogen) atoms. The van der Waals surface area contributed by atoms with E-state index in [4.69, 9.17) is 5.73 Å². The van der Waals surface area contributed by atoms with Crippen molar-refractivity contribution in [3.63, 3.8) is 0 Å². The van der Waals surface area contributed by atoms with Crippen molar-refractivity contribution in [1.82, 2.24) is 4.98 Å². The summed E-state index contributed by atoms with van der Waals surface area (Å²) in [6, 6.07) is 19.6. The van der Waals surface area contributed by atoms with Crippen LogP contribution in [0.1, 0.15) is 11.1 Å². The molecule has 0 amide bonds. The minimum Gasteiger partial charge on any atom is -0.330 e. The van der Waals surface area contributed by atoms with Crippen LogP contribution in [-0.4, -0.2) is 23.5 Å². The summed E-state index contributed by atoms with van der Waals surface area (Å²) in [5.41, 5.74) is 11.9. The summed E-state index contributed by atoms with van der Waals surface area (Å²) >= 11 is 3.56. The number of nitrogens with two attached hydrogens (primary N) is 1. The molecule has 2 aromatic heterocycles. The van der Waals surface area contributed by atoms with Crippen molar-refractivity contribution < 1.29 is 0 Å². The summed E-state index contributed by atoms with van der Waals surface area (Å²) in [4.78, 5) is 10.4. The van der Waals surface area contributed by atoms with E-state index in [0.717, 1.165) is 22.9 Å². The van der Waals surface area contributed by atoms with Gasteiger partial charge in [0.05, 0.1) is 6.54 Å². The molecule has 1 aliphatic heterocycles. The molecule has 0 unspecified atom stereocenters. The number of nitrogens with zero attached hydrogens (tertiary/aromatic N) is 2. The van der Waals surface area contributed by atoms with Gasteiger partial charge in [0, 0.05) is 39.8 Å². The molecule has 0 saturated heterocycles. The van der Waals surface area contributed by atoms with Crippen LogP contribution < -0.4 is 5.73 Å². The summed E-state index contributed by atoms with van der Waals surface area (Å²) in [6.45, 7) is 1.39. The van der Waals surface area contributed by atoms with Crippen LogP contribution in [0.3, 0.4) is 0 Å². The maximum atomic E-state index is 5.71. The normalized spacial score (nSPS) is 12.6. The van der Waals surface area contributed by atoms with Gasteiger partial charge in [-0.1, -0.05) is 24.3 Å². The van der Waals surface area contributed by atoms with Gasteiger partial charge in [0.15, 0.2) is 0 Å². The summed E-state index contributed by atoms with van der Waals surface area (Å²) < 4.78 is 1.32.